The summed E-state index contributed by atoms with van der Waals surface area (Å²) < 4.78 is 5.61. The second kappa shape index (κ2) is 6.28. The molecule has 0 saturated carbocycles. The van der Waals surface area contributed by atoms with Gasteiger partial charge in [-0.25, -0.2) is 5.84 Å². The van der Waals surface area contributed by atoms with E-state index in [-0.39, 0.29) is 12.5 Å². The standard InChI is InChI=1S/C16H14ClN3O3/c17-11-7-5-10(6-8-11)16(22)20-9-14(15(21)19-18)23-13-4-2-1-3-12(13)20/h1-8,14H,9,18H2,(H,19,21). The maximum atomic E-state index is 12.8. The van der Waals surface area contributed by atoms with E-state index in [1.54, 1.807) is 48.5 Å². The van der Waals surface area contributed by atoms with Gasteiger partial charge in [-0.1, -0.05) is 23.7 Å². The summed E-state index contributed by atoms with van der Waals surface area (Å²) in [6.45, 7) is 0.0709. The fraction of sp³-hybridized carbons (Fsp3) is 0.125. The third-order valence-corrected chi connectivity index (χ3v) is 3.80. The third-order valence-electron chi connectivity index (χ3n) is 3.54. The maximum Gasteiger partial charge on any atom is 0.276 e. The number of benzene rings is 2. The van der Waals surface area contributed by atoms with Crippen LogP contribution in [0.4, 0.5) is 5.69 Å². The number of hydrogen-bond acceptors (Lipinski definition) is 4. The molecular weight excluding hydrogens is 318 g/mol. The van der Waals surface area contributed by atoms with Gasteiger partial charge < -0.3 is 9.64 Å². The number of nitrogens with zero attached hydrogens (tertiary/aromatic N) is 1. The molecule has 6 nitrogen and oxygen atoms in total. The van der Waals surface area contributed by atoms with Gasteiger partial charge in [0.15, 0.2) is 6.10 Å². The van der Waals surface area contributed by atoms with Crippen LogP contribution in [0.15, 0.2) is 48.5 Å². The first kappa shape index (κ1) is 15.3. The third kappa shape index (κ3) is 2.99. The Labute approximate surface area is 137 Å². The average Bonchev–Trinajstić information content (AvgIpc) is 2.60. The number of rotatable bonds is 2. The van der Waals surface area contributed by atoms with Crippen molar-refractivity contribution in [2.75, 3.05) is 11.4 Å². The van der Waals surface area contributed by atoms with Gasteiger partial charge in [-0.3, -0.25) is 15.0 Å². The Kier molecular flexibility index (Phi) is 4.18. The van der Waals surface area contributed by atoms with E-state index in [1.807, 2.05) is 0 Å². The summed E-state index contributed by atoms with van der Waals surface area (Å²) in [5.41, 5.74) is 3.13. The summed E-state index contributed by atoms with van der Waals surface area (Å²) in [6.07, 6.45) is -0.869. The minimum Gasteiger partial charge on any atom is -0.476 e. The van der Waals surface area contributed by atoms with Crippen molar-refractivity contribution < 1.29 is 14.3 Å². The molecule has 1 aliphatic heterocycles. The van der Waals surface area contributed by atoms with Gasteiger partial charge in [-0.05, 0) is 36.4 Å². The lowest BCUT2D eigenvalue weighted by Crippen LogP contribution is -2.52. The lowest BCUT2D eigenvalue weighted by molar-refractivity contribution is -0.127. The van der Waals surface area contributed by atoms with Crippen LogP contribution in [-0.4, -0.2) is 24.5 Å². The first-order valence-electron chi connectivity index (χ1n) is 6.93. The van der Waals surface area contributed by atoms with Crippen LogP contribution in [0.5, 0.6) is 5.75 Å². The summed E-state index contributed by atoms with van der Waals surface area (Å²) in [5.74, 6) is 4.89. The number of carbonyl (C=O) groups is 2. The number of anilines is 1. The molecule has 3 rings (SSSR count). The van der Waals surface area contributed by atoms with Crippen LogP contribution in [0, 0.1) is 0 Å². The van der Waals surface area contributed by atoms with Crippen LogP contribution in [0.3, 0.4) is 0 Å². The number of ether oxygens (including phenoxy) is 1. The molecule has 0 bridgehead atoms. The highest BCUT2D eigenvalue weighted by atomic mass is 35.5. The number of amides is 2. The van der Waals surface area contributed by atoms with E-state index in [0.29, 0.717) is 22.0 Å². The highest BCUT2D eigenvalue weighted by molar-refractivity contribution is 6.30. The number of carbonyl (C=O) groups excluding carboxylic acids is 2. The summed E-state index contributed by atoms with van der Waals surface area (Å²) in [5, 5.41) is 0.546. The second-order valence-electron chi connectivity index (χ2n) is 5.01. The number of hydrazine groups is 1. The molecule has 3 N–H and O–H groups in total. The van der Waals surface area contributed by atoms with Crippen LogP contribution in [0.2, 0.25) is 5.02 Å². The zero-order valence-electron chi connectivity index (χ0n) is 12.0. The molecule has 1 aliphatic rings. The maximum absolute atomic E-state index is 12.8. The molecule has 0 fully saturated rings. The highest BCUT2D eigenvalue weighted by Gasteiger charge is 2.33. The summed E-state index contributed by atoms with van der Waals surface area (Å²) >= 11 is 5.86. The zero-order chi connectivity index (χ0) is 16.4. The number of nitrogens with two attached hydrogens (primary N) is 1. The van der Waals surface area contributed by atoms with Gasteiger partial charge in [0.05, 0.1) is 12.2 Å². The lowest BCUT2D eigenvalue weighted by Gasteiger charge is -2.34. The van der Waals surface area contributed by atoms with Crippen LogP contribution < -0.4 is 20.9 Å². The monoisotopic (exact) mass is 331 g/mol. The van der Waals surface area contributed by atoms with Gasteiger partial charge in [0.25, 0.3) is 11.8 Å². The highest BCUT2D eigenvalue weighted by Crippen LogP contribution is 2.34. The number of hydrogen-bond donors (Lipinski definition) is 2. The Morgan fingerprint density at radius 2 is 1.87 bits per heavy atom. The quantitative estimate of drug-likeness (QED) is 0.498. The molecule has 0 aromatic heterocycles. The van der Waals surface area contributed by atoms with Crippen molar-refractivity contribution in [1.82, 2.24) is 5.43 Å². The van der Waals surface area contributed by atoms with Crippen molar-refractivity contribution in [1.29, 1.82) is 0 Å². The average molecular weight is 332 g/mol. The summed E-state index contributed by atoms with van der Waals surface area (Å²) in [6, 6.07) is 13.6. The van der Waals surface area contributed by atoms with E-state index in [1.165, 1.54) is 4.90 Å². The van der Waals surface area contributed by atoms with E-state index in [0.717, 1.165) is 0 Å². The molecule has 0 radical (unpaired) electrons. The van der Waals surface area contributed by atoms with Crippen molar-refractivity contribution in [3.05, 3.63) is 59.1 Å². The fourth-order valence-electron chi connectivity index (χ4n) is 2.40. The van der Waals surface area contributed by atoms with Gasteiger partial charge in [0, 0.05) is 10.6 Å². The fourth-order valence-corrected chi connectivity index (χ4v) is 2.53. The topological polar surface area (TPSA) is 84.7 Å². The van der Waals surface area contributed by atoms with Crippen molar-refractivity contribution in [3.8, 4) is 5.75 Å². The minimum absolute atomic E-state index is 0.0709. The largest absolute Gasteiger partial charge is 0.476 e. The van der Waals surface area contributed by atoms with E-state index in [9.17, 15) is 9.59 Å². The van der Waals surface area contributed by atoms with Crippen LogP contribution in [0.25, 0.3) is 0 Å². The Balaban J connectivity index is 1.97. The molecule has 1 atom stereocenters. The lowest BCUT2D eigenvalue weighted by atomic mass is 10.1. The number of halogens is 1. The normalized spacial score (nSPS) is 16.3. The minimum atomic E-state index is -0.869. The van der Waals surface area contributed by atoms with Gasteiger partial charge in [-0.2, -0.15) is 0 Å². The van der Waals surface area contributed by atoms with Crippen molar-refractivity contribution in [2.45, 2.75) is 6.10 Å². The molecular formula is C16H14ClN3O3. The van der Waals surface area contributed by atoms with Crippen LogP contribution in [-0.2, 0) is 4.79 Å². The van der Waals surface area contributed by atoms with Crippen molar-refractivity contribution in [2.24, 2.45) is 5.84 Å². The molecule has 23 heavy (non-hydrogen) atoms. The van der Waals surface area contributed by atoms with E-state index in [4.69, 9.17) is 22.2 Å². The predicted molar refractivity (Wildman–Crippen MR) is 86.3 cm³/mol. The Morgan fingerprint density at radius 1 is 1.17 bits per heavy atom. The Bertz CT molecular complexity index is 748. The van der Waals surface area contributed by atoms with Crippen molar-refractivity contribution in [3.63, 3.8) is 0 Å². The zero-order valence-corrected chi connectivity index (χ0v) is 12.8. The van der Waals surface area contributed by atoms with Gasteiger partial charge >= 0.3 is 0 Å². The number of fused-ring (bicyclic) bond motifs is 1. The molecule has 1 unspecified atom stereocenters. The van der Waals surface area contributed by atoms with Gasteiger partial charge in [0.2, 0.25) is 0 Å². The Hall–Kier alpha value is -2.57. The first-order chi connectivity index (χ1) is 11.1. The second-order valence-corrected chi connectivity index (χ2v) is 5.44. The van der Waals surface area contributed by atoms with Crippen LogP contribution >= 0.6 is 11.6 Å². The van der Waals surface area contributed by atoms with E-state index in [2.05, 4.69) is 5.43 Å². The molecule has 118 valence electrons. The molecule has 2 aromatic carbocycles. The smallest absolute Gasteiger partial charge is 0.276 e. The molecule has 1 heterocycles. The molecule has 0 saturated heterocycles. The number of nitrogens with one attached hydrogen (secondary N) is 1. The molecule has 2 amide bonds. The predicted octanol–water partition coefficient (Wildman–Crippen LogP) is 1.74. The SMILES string of the molecule is NNC(=O)C1CN(C(=O)c2ccc(Cl)cc2)c2ccccc2O1. The summed E-state index contributed by atoms with van der Waals surface area (Å²) in [4.78, 5) is 26.1. The molecule has 2 aromatic rings. The Morgan fingerprint density at radius 3 is 2.57 bits per heavy atom. The molecule has 7 heteroatoms. The van der Waals surface area contributed by atoms with Crippen LogP contribution in [0.1, 0.15) is 10.4 Å². The number of para-hydroxylation sites is 2. The summed E-state index contributed by atoms with van der Waals surface area (Å²) in [7, 11) is 0. The van der Waals surface area contributed by atoms with Crippen molar-refractivity contribution >= 4 is 29.1 Å². The van der Waals surface area contributed by atoms with E-state index < -0.39 is 12.0 Å². The van der Waals surface area contributed by atoms with Gasteiger partial charge in [0.1, 0.15) is 5.75 Å². The van der Waals surface area contributed by atoms with Gasteiger partial charge in [-0.15, -0.1) is 0 Å². The molecule has 0 spiro atoms. The molecule has 0 aliphatic carbocycles. The first-order valence-corrected chi connectivity index (χ1v) is 7.31. The van der Waals surface area contributed by atoms with E-state index >= 15 is 0 Å².